The Labute approximate surface area is 164 Å². The second-order valence-corrected chi connectivity index (χ2v) is 7.41. The molecule has 0 saturated carbocycles. The number of aromatic nitrogens is 4. The number of nitrogens with zero attached hydrogens (tertiary/aromatic N) is 4. The standard InChI is InChI=1S/C20H17FN4O2S/c21-14-8-9-16-15(11-14)18-19(25(16)12-13-5-2-1-3-6-13)22-20(24-23-18)28-10-4-7-17(26)27/h1-3,5-6,8-9,11H,4,7,10,12H2,(H,26,27). The minimum atomic E-state index is -0.819. The average molecular weight is 396 g/mol. The summed E-state index contributed by atoms with van der Waals surface area (Å²) < 4.78 is 15.8. The summed E-state index contributed by atoms with van der Waals surface area (Å²) in [6.45, 7) is 0.578. The van der Waals surface area contributed by atoms with E-state index in [1.807, 2.05) is 34.9 Å². The smallest absolute Gasteiger partial charge is 0.303 e. The molecule has 0 fully saturated rings. The summed E-state index contributed by atoms with van der Waals surface area (Å²) in [6, 6.07) is 14.6. The Kier molecular flexibility index (Phi) is 5.21. The molecule has 0 spiro atoms. The minimum absolute atomic E-state index is 0.107. The van der Waals surface area contributed by atoms with Crippen molar-refractivity contribution in [2.45, 2.75) is 24.5 Å². The fourth-order valence-corrected chi connectivity index (χ4v) is 3.81. The van der Waals surface area contributed by atoms with Gasteiger partial charge in [-0.15, -0.1) is 10.2 Å². The summed E-state index contributed by atoms with van der Waals surface area (Å²) in [6.07, 6.45) is 0.635. The molecule has 2 heterocycles. The first-order valence-electron chi connectivity index (χ1n) is 8.82. The van der Waals surface area contributed by atoms with Crippen LogP contribution in [0.5, 0.6) is 0 Å². The highest BCUT2D eigenvalue weighted by Gasteiger charge is 2.16. The summed E-state index contributed by atoms with van der Waals surface area (Å²) in [5.41, 5.74) is 3.13. The Morgan fingerprint density at radius 1 is 1.14 bits per heavy atom. The van der Waals surface area contributed by atoms with Crippen molar-refractivity contribution in [2.24, 2.45) is 0 Å². The lowest BCUT2D eigenvalue weighted by Gasteiger charge is -2.07. The molecule has 0 aliphatic carbocycles. The second-order valence-electron chi connectivity index (χ2n) is 6.35. The average Bonchev–Trinajstić information content (AvgIpc) is 2.98. The van der Waals surface area contributed by atoms with E-state index in [0.717, 1.165) is 11.1 Å². The zero-order valence-corrected chi connectivity index (χ0v) is 15.7. The lowest BCUT2D eigenvalue weighted by Crippen LogP contribution is -2.02. The first-order valence-corrected chi connectivity index (χ1v) is 9.81. The zero-order valence-electron chi connectivity index (χ0n) is 14.9. The van der Waals surface area contributed by atoms with Crippen LogP contribution in [0, 0.1) is 5.82 Å². The number of carbonyl (C=O) groups is 1. The lowest BCUT2D eigenvalue weighted by molar-refractivity contribution is -0.137. The fraction of sp³-hybridized carbons (Fsp3) is 0.200. The van der Waals surface area contributed by atoms with Gasteiger partial charge >= 0.3 is 5.97 Å². The summed E-state index contributed by atoms with van der Waals surface area (Å²) in [4.78, 5) is 15.3. The second kappa shape index (κ2) is 7.93. The van der Waals surface area contributed by atoms with Gasteiger partial charge in [-0.1, -0.05) is 42.1 Å². The summed E-state index contributed by atoms with van der Waals surface area (Å²) in [7, 11) is 0. The van der Waals surface area contributed by atoms with Gasteiger partial charge < -0.3 is 9.67 Å². The van der Waals surface area contributed by atoms with E-state index in [2.05, 4.69) is 15.2 Å². The van der Waals surface area contributed by atoms with E-state index in [4.69, 9.17) is 5.11 Å². The molecule has 4 rings (SSSR count). The van der Waals surface area contributed by atoms with Crippen LogP contribution in [0.15, 0.2) is 53.7 Å². The number of halogens is 1. The van der Waals surface area contributed by atoms with Crippen LogP contribution in [-0.2, 0) is 11.3 Å². The van der Waals surface area contributed by atoms with E-state index >= 15 is 0 Å². The van der Waals surface area contributed by atoms with Crippen LogP contribution in [0.3, 0.4) is 0 Å². The monoisotopic (exact) mass is 396 g/mol. The molecular weight excluding hydrogens is 379 g/mol. The summed E-state index contributed by atoms with van der Waals surface area (Å²) in [5.74, 6) is -0.562. The van der Waals surface area contributed by atoms with Crippen LogP contribution in [0.4, 0.5) is 4.39 Å². The first-order chi connectivity index (χ1) is 13.6. The van der Waals surface area contributed by atoms with Crippen LogP contribution in [0.25, 0.3) is 22.1 Å². The van der Waals surface area contributed by atoms with Crippen LogP contribution in [-0.4, -0.2) is 36.6 Å². The first kappa shape index (κ1) is 18.4. The number of thioether (sulfide) groups is 1. The van der Waals surface area contributed by atoms with E-state index in [0.29, 0.717) is 40.4 Å². The van der Waals surface area contributed by atoms with E-state index in [1.54, 1.807) is 6.07 Å². The molecule has 0 aliphatic heterocycles. The number of carboxylic acid groups (broad SMARTS) is 1. The minimum Gasteiger partial charge on any atom is -0.481 e. The highest BCUT2D eigenvalue weighted by atomic mass is 32.2. The van der Waals surface area contributed by atoms with Crippen molar-refractivity contribution >= 4 is 39.8 Å². The highest BCUT2D eigenvalue weighted by Crippen LogP contribution is 2.29. The third kappa shape index (κ3) is 3.82. The van der Waals surface area contributed by atoms with Gasteiger partial charge in [0.1, 0.15) is 11.3 Å². The van der Waals surface area contributed by atoms with E-state index in [1.165, 1.54) is 23.9 Å². The van der Waals surface area contributed by atoms with Crippen molar-refractivity contribution in [3.05, 3.63) is 59.9 Å². The molecule has 142 valence electrons. The number of benzene rings is 2. The molecule has 0 radical (unpaired) electrons. The van der Waals surface area contributed by atoms with Crippen LogP contribution >= 0.6 is 11.8 Å². The van der Waals surface area contributed by atoms with Crippen molar-refractivity contribution in [3.63, 3.8) is 0 Å². The number of rotatable bonds is 7. The number of hydrogen-bond donors (Lipinski definition) is 1. The largest absolute Gasteiger partial charge is 0.481 e. The predicted molar refractivity (Wildman–Crippen MR) is 106 cm³/mol. The zero-order chi connectivity index (χ0) is 19.5. The van der Waals surface area contributed by atoms with Gasteiger partial charge in [-0.2, -0.15) is 0 Å². The van der Waals surface area contributed by atoms with E-state index in [-0.39, 0.29) is 12.2 Å². The Morgan fingerprint density at radius 2 is 1.96 bits per heavy atom. The Morgan fingerprint density at radius 3 is 2.75 bits per heavy atom. The van der Waals surface area contributed by atoms with Crippen molar-refractivity contribution in [3.8, 4) is 0 Å². The van der Waals surface area contributed by atoms with Crippen molar-refractivity contribution in [2.75, 3.05) is 5.75 Å². The third-order valence-corrected chi connectivity index (χ3v) is 5.28. The molecule has 0 unspecified atom stereocenters. The van der Waals surface area contributed by atoms with Crippen molar-refractivity contribution in [1.82, 2.24) is 19.7 Å². The van der Waals surface area contributed by atoms with Gasteiger partial charge in [0.15, 0.2) is 5.65 Å². The van der Waals surface area contributed by atoms with E-state index < -0.39 is 5.97 Å². The normalized spacial score (nSPS) is 11.3. The molecule has 4 aromatic rings. The molecule has 0 aliphatic rings. The molecule has 1 N–H and O–H groups in total. The van der Waals surface area contributed by atoms with Crippen LogP contribution in [0.2, 0.25) is 0 Å². The molecule has 28 heavy (non-hydrogen) atoms. The highest BCUT2D eigenvalue weighted by molar-refractivity contribution is 7.99. The van der Waals surface area contributed by atoms with Gasteiger partial charge in [-0.25, -0.2) is 9.37 Å². The molecule has 6 nitrogen and oxygen atoms in total. The maximum Gasteiger partial charge on any atom is 0.303 e. The van der Waals surface area contributed by atoms with Crippen LogP contribution < -0.4 is 0 Å². The van der Waals surface area contributed by atoms with Crippen LogP contribution in [0.1, 0.15) is 18.4 Å². The molecular formula is C20H17FN4O2S. The maximum atomic E-state index is 13.8. The summed E-state index contributed by atoms with van der Waals surface area (Å²) in [5, 5.41) is 18.3. The molecule has 0 atom stereocenters. The SMILES string of the molecule is O=C(O)CCCSc1nnc2c3cc(F)ccc3n(Cc3ccccc3)c2n1. The van der Waals surface area contributed by atoms with Gasteiger partial charge in [0.2, 0.25) is 5.16 Å². The fourth-order valence-electron chi connectivity index (χ4n) is 3.09. The van der Waals surface area contributed by atoms with Gasteiger partial charge in [-0.3, -0.25) is 4.79 Å². The van der Waals surface area contributed by atoms with E-state index in [9.17, 15) is 9.18 Å². The Balaban J connectivity index is 1.74. The van der Waals surface area contributed by atoms with Gasteiger partial charge in [0.25, 0.3) is 0 Å². The lowest BCUT2D eigenvalue weighted by atomic mass is 10.2. The third-order valence-electron chi connectivity index (χ3n) is 4.36. The predicted octanol–water partition coefficient (Wildman–Crippen LogP) is 4.12. The Hall–Kier alpha value is -3.00. The number of carboxylic acids is 1. The quantitative estimate of drug-likeness (QED) is 0.374. The molecule has 0 amide bonds. The number of aliphatic carboxylic acids is 1. The topological polar surface area (TPSA) is 80.9 Å². The molecule has 2 aromatic carbocycles. The Bertz CT molecular complexity index is 1150. The molecule has 8 heteroatoms. The van der Waals surface area contributed by atoms with Gasteiger partial charge in [0.05, 0.1) is 5.52 Å². The molecule has 0 saturated heterocycles. The van der Waals surface area contributed by atoms with Gasteiger partial charge in [0, 0.05) is 24.1 Å². The molecule has 0 bridgehead atoms. The number of hydrogen-bond acceptors (Lipinski definition) is 5. The van der Waals surface area contributed by atoms with Crippen molar-refractivity contribution < 1.29 is 14.3 Å². The summed E-state index contributed by atoms with van der Waals surface area (Å²) >= 11 is 1.37. The van der Waals surface area contributed by atoms with Gasteiger partial charge in [-0.05, 0) is 30.2 Å². The molecule has 2 aromatic heterocycles. The maximum absolute atomic E-state index is 13.8. The number of fused-ring (bicyclic) bond motifs is 3. The van der Waals surface area contributed by atoms with Crippen molar-refractivity contribution in [1.29, 1.82) is 0 Å².